The molecule has 0 unspecified atom stereocenters. The van der Waals surface area contributed by atoms with E-state index in [1.54, 1.807) is 68.4 Å². The standard InChI is InChI=1S/C31H37Cl2N3O5S/c1-5-18-34-31(38)27(6-2)35(20-23-14-15-24(32)19-26(23)33)30(37)21-36(28-10-8-9-11-29(28)41-7-3)42(39,40)25-16-12-22(4)13-17-25/h8-17,19,27H,5-7,18,20-21H2,1-4H3,(H,34,38)/t27-/m1/s1. The summed E-state index contributed by atoms with van der Waals surface area (Å²) >= 11 is 12.6. The summed E-state index contributed by atoms with van der Waals surface area (Å²) in [5, 5.41) is 3.62. The second kappa shape index (κ2) is 15.3. The van der Waals surface area contributed by atoms with E-state index in [9.17, 15) is 18.0 Å². The van der Waals surface area contributed by atoms with E-state index >= 15 is 0 Å². The van der Waals surface area contributed by atoms with E-state index < -0.39 is 28.5 Å². The number of aryl methyl sites for hydroxylation is 1. The van der Waals surface area contributed by atoms with E-state index in [1.807, 2.05) is 13.8 Å². The van der Waals surface area contributed by atoms with Crippen LogP contribution in [0, 0.1) is 6.92 Å². The zero-order chi connectivity index (χ0) is 30.9. The average molecular weight is 635 g/mol. The van der Waals surface area contributed by atoms with Gasteiger partial charge in [0, 0.05) is 23.1 Å². The number of nitrogens with zero attached hydrogens (tertiary/aromatic N) is 2. The van der Waals surface area contributed by atoms with Crippen LogP contribution in [-0.4, -0.2) is 50.9 Å². The highest BCUT2D eigenvalue weighted by atomic mass is 35.5. The fraction of sp³-hybridized carbons (Fsp3) is 0.355. The topological polar surface area (TPSA) is 96.0 Å². The van der Waals surface area contributed by atoms with Gasteiger partial charge >= 0.3 is 0 Å². The van der Waals surface area contributed by atoms with Crippen LogP contribution >= 0.6 is 23.2 Å². The maximum absolute atomic E-state index is 14.2. The van der Waals surface area contributed by atoms with E-state index in [0.29, 0.717) is 40.9 Å². The molecule has 0 fully saturated rings. The van der Waals surface area contributed by atoms with Gasteiger partial charge in [-0.3, -0.25) is 13.9 Å². The molecule has 3 aromatic rings. The molecule has 1 N–H and O–H groups in total. The normalized spacial score (nSPS) is 12.0. The molecule has 42 heavy (non-hydrogen) atoms. The van der Waals surface area contributed by atoms with Crippen molar-refractivity contribution in [3.8, 4) is 5.75 Å². The predicted molar refractivity (Wildman–Crippen MR) is 168 cm³/mol. The molecule has 8 nitrogen and oxygen atoms in total. The molecule has 1 atom stereocenters. The van der Waals surface area contributed by atoms with Crippen molar-refractivity contribution in [2.75, 3.05) is 24.0 Å². The number of hydrogen-bond donors (Lipinski definition) is 1. The predicted octanol–water partition coefficient (Wildman–Crippen LogP) is 6.23. The Balaban J connectivity index is 2.12. The zero-order valence-corrected chi connectivity index (χ0v) is 26.6. The largest absolute Gasteiger partial charge is 0.492 e. The fourth-order valence-corrected chi connectivity index (χ4v) is 6.30. The molecule has 0 saturated heterocycles. The number of halogens is 2. The molecule has 0 radical (unpaired) electrons. The van der Waals surface area contributed by atoms with E-state index in [0.717, 1.165) is 16.3 Å². The summed E-state index contributed by atoms with van der Waals surface area (Å²) in [6, 6.07) is 17.1. The monoisotopic (exact) mass is 633 g/mol. The lowest BCUT2D eigenvalue weighted by molar-refractivity contribution is -0.140. The van der Waals surface area contributed by atoms with E-state index in [4.69, 9.17) is 27.9 Å². The van der Waals surface area contributed by atoms with Crippen molar-refractivity contribution in [3.05, 3.63) is 87.9 Å². The van der Waals surface area contributed by atoms with Crippen LogP contribution in [0.15, 0.2) is 71.6 Å². The summed E-state index contributed by atoms with van der Waals surface area (Å²) < 4.78 is 35.0. The third-order valence-corrected chi connectivity index (χ3v) is 8.97. The second-order valence-corrected chi connectivity index (χ2v) is 12.4. The van der Waals surface area contributed by atoms with Gasteiger partial charge in [0.05, 0.1) is 17.2 Å². The fourth-order valence-electron chi connectivity index (χ4n) is 4.41. The van der Waals surface area contributed by atoms with Gasteiger partial charge in [-0.25, -0.2) is 8.42 Å². The molecule has 0 spiro atoms. The third kappa shape index (κ3) is 8.18. The van der Waals surface area contributed by atoms with Gasteiger partial charge in [0.1, 0.15) is 18.3 Å². The van der Waals surface area contributed by atoms with Gasteiger partial charge < -0.3 is 15.0 Å². The molecule has 0 aliphatic heterocycles. The molecule has 2 amide bonds. The molecule has 11 heteroatoms. The number of rotatable bonds is 14. The smallest absolute Gasteiger partial charge is 0.264 e. The lowest BCUT2D eigenvalue weighted by Crippen LogP contribution is -2.52. The number of nitrogens with one attached hydrogen (secondary N) is 1. The Morgan fingerprint density at radius 1 is 0.976 bits per heavy atom. The van der Waals surface area contributed by atoms with Crippen molar-refractivity contribution < 1.29 is 22.7 Å². The Hall–Kier alpha value is -3.27. The van der Waals surface area contributed by atoms with Crippen LogP contribution in [0.5, 0.6) is 5.75 Å². The minimum Gasteiger partial charge on any atom is -0.492 e. The first-order valence-electron chi connectivity index (χ1n) is 13.9. The maximum atomic E-state index is 14.2. The molecule has 0 aliphatic rings. The van der Waals surface area contributed by atoms with Gasteiger partial charge in [-0.2, -0.15) is 0 Å². The van der Waals surface area contributed by atoms with Crippen LogP contribution in [0.4, 0.5) is 5.69 Å². The molecule has 3 rings (SSSR count). The second-order valence-electron chi connectivity index (χ2n) is 9.70. The van der Waals surface area contributed by atoms with Crippen molar-refractivity contribution in [1.29, 1.82) is 0 Å². The number of sulfonamides is 1. The molecule has 3 aromatic carbocycles. The molecular formula is C31H37Cl2N3O5S. The Bertz CT molecular complexity index is 1480. The Kier molecular flexibility index (Phi) is 12.1. The Morgan fingerprint density at radius 2 is 1.67 bits per heavy atom. The first kappa shape index (κ1) is 33.2. The zero-order valence-electron chi connectivity index (χ0n) is 24.3. The van der Waals surface area contributed by atoms with E-state index in [-0.39, 0.29) is 23.0 Å². The van der Waals surface area contributed by atoms with Gasteiger partial charge in [0.25, 0.3) is 10.0 Å². The lowest BCUT2D eigenvalue weighted by Gasteiger charge is -2.33. The molecule has 226 valence electrons. The van der Waals surface area contributed by atoms with Crippen LogP contribution in [-0.2, 0) is 26.2 Å². The minimum atomic E-state index is -4.23. The van der Waals surface area contributed by atoms with Crippen LogP contribution < -0.4 is 14.4 Å². The number of carbonyl (C=O) groups is 2. The quantitative estimate of drug-likeness (QED) is 0.227. The van der Waals surface area contributed by atoms with Crippen molar-refractivity contribution >= 4 is 50.7 Å². The minimum absolute atomic E-state index is 0.0206. The number of benzene rings is 3. The van der Waals surface area contributed by atoms with E-state index in [2.05, 4.69) is 5.32 Å². The van der Waals surface area contributed by atoms with Gasteiger partial charge in [0.2, 0.25) is 11.8 Å². The van der Waals surface area contributed by atoms with Crippen molar-refractivity contribution in [1.82, 2.24) is 10.2 Å². The number of amides is 2. The Labute approximate surface area is 258 Å². The summed E-state index contributed by atoms with van der Waals surface area (Å²) in [5.41, 5.74) is 1.67. The van der Waals surface area contributed by atoms with E-state index in [1.165, 1.54) is 17.0 Å². The van der Waals surface area contributed by atoms with Crippen molar-refractivity contribution in [2.45, 2.75) is 58.0 Å². The first-order valence-corrected chi connectivity index (χ1v) is 16.0. The maximum Gasteiger partial charge on any atom is 0.264 e. The molecule has 0 heterocycles. The molecule has 0 saturated carbocycles. The number of anilines is 1. The van der Waals surface area contributed by atoms with Crippen molar-refractivity contribution in [3.63, 3.8) is 0 Å². The first-order chi connectivity index (χ1) is 20.0. The highest BCUT2D eigenvalue weighted by molar-refractivity contribution is 7.92. The average Bonchev–Trinajstić information content (AvgIpc) is 2.96. The lowest BCUT2D eigenvalue weighted by atomic mass is 10.1. The summed E-state index contributed by atoms with van der Waals surface area (Å²) in [7, 11) is -4.23. The number of hydrogen-bond acceptors (Lipinski definition) is 5. The summed E-state index contributed by atoms with van der Waals surface area (Å²) in [6.07, 6.45) is 1.02. The molecular weight excluding hydrogens is 597 g/mol. The summed E-state index contributed by atoms with van der Waals surface area (Å²) in [5.74, 6) is -0.606. The van der Waals surface area contributed by atoms with Gasteiger partial charge in [-0.15, -0.1) is 0 Å². The van der Waals surface area contributed by atoms with Crippen LogP contribution in [0.1, 0.15) is 44.7 Å². The molecule has 0 aromatic heterocycles. The van der Waals surface area contributed by atoms with Crippen LogP contribution in [0.2, 0.25) is 10.0 Å². The third-order valence-electron chi connectivity index (χ3n) is 6.61. The number of carbonyl (C=O) groups excluding carboxylic acids is 2. The van der Waals surface area contributed by atoms with Gasteiger partial charge in [-0.1, -0.05) is 72.9 Å². The molecule has 0 aliphatic carbocycles. The Morgan fingerprint density at radius 3 is 2.29 bits per heavy atom. The van der Waals surface area contributed by atoms with Crippen molar-refractivity contribution in [2.24, 2.45) is 0 Å². The summed E-state index contributed by atoms with van der Waals surface area (Å²) in [4.78, 5) is 28.9. The van der Waals surface area contributed by atoms with Gasteiger partial charge in [0.15, 0.2) is 0 Å². The highest BCUT2D eigenvalue weighted by Gasteiger charge is 2.35. The number of para-hydroxylation sites is 2. The van der Waals surface area contributed by atoms with Crippen LogP contribution in [0.3, 0.4) is 0 Å². The molecule has 0 bridgehead atoms. The summed E-state index contributed by atoms with van der Waals surface area (Å²) in [6.45, 7) is 7.50. The van der Waals surface area contributed by atoms with Gasteiger partial charge in [-0.05, 0) is 68.7 Å². The number of ether oxygens (including phenoxy) is 1. The highest BCUT2D eigenvalue weighted by Crippen LogP contribution is 2.33. The SMILES string of the molecule is CCCNC(=O)[C@@H](CC)N(Cc1ccc(Cl)cc1Cl)C(=O)CN(c1ccccc1OCC)S(=O)(=O)c1ccc(C)cc1. The van der Waals surface area contributed by atoms with Crippen LogP contribution in [0.25, 0.3) is 0 Å².